The van der Waals surface area contributed by atoms with Gasteiger partial charge in [0.1, 0.15) is 5.69 Å². The zero-order valence-electron chi connectivity index (χ0n) is 16.9. The van der Waals surface area contributed by atoms with E-state index in [1.165, 1.54) is 17.4 Å². The van der Waals surface area contributed by atoms with Gasteiger partial charge in [-0.2, -0.15) is 0 Å². The van der Waals surface area contributed by atoms with Crippen LogP contribution in [-0.4, -0.2) is 60.1 Å². The fourth-order valence-corrected chi connectivity index (χ4v) is 4.13. The number of ether oxygens (including phenoxy) is 1. The van der Waals surface area contributed by atoms with Gasteiger partial charge < -0.3 is 9.64 Å². The molecule has 29 heavy (non-hydrogen) atoms. The number of benzene rings is 1. The highest BCUT2D eigenvalue weighted by Crippen LogP contribution is 2.28. The molecule has 1 aliphatic heterocycles. The molecule has 1 aliphatic rings. The van der Waals surface area contributed by atoms with Gasteiger partial charge in [0, 0.05) is 50.7 Å². The van der Waals surface area contributed by atoms with Crippen LogP contribution < -0.4 is 10.2 Å². The summed E-state index contributed by atoms with van der Waals surface area (Å²) in [4.78, 5) is 31.8. The fraction of sp³-hybridized carbons (Fsp3) is 0.474. The second-order valence-corrected chi connectivity index (χ2v) is 8.26. The van der Waals surface area contributed by atoms with E-state index in [1.807, 2.05) is 5.38 Å². The minimum atomic E-state index is -0.488. The van der Waals surface area contributed by atoms with Crippen molar-refractivity contribution in [3.63, 3.8) is 0 Å². The molecule has 1 aromatic heterocycles. The van der Waals surface area contributed by atoms with Crippen molar-refractivity contribution in [1.82, 2.24) is 9.88 Å². The van der Waals surface area contributed by atoms with Crippen molar-refractivity contribution >= 4 is 33.8 Å². The van der Waals surface area contributed by atoms with Crippen LogP contribution in [0.4, 0.5) is 16.5 Å². The molecule has 2 atom stereocenters. The maximum absolute atomic E-state index is 12.5. The molecule has 0 bridgehead atoms. The maximum Gasteiger partial charge on any atom is 0.293 e. The molecule has 9 nitrogen and oxygen atoms in total. The summed E-state index contributed by atoms with van der Waals surface area (Å²) in [7, 11) is 3.43. The van der Waals surface area contributed by atoms with Crippen molar-refractivity contribution in [3.8, 4) is 0 Å². The van der Waals surface area contributed by atoms with Gasteiger partial charge in [-0.1, -0.05) is 0 Å². The molecule has 0 spiro atoms. The minimum absolute atomic E-state index is 0.113. The van der Waals surface area contributed by atoms with Crippen LogP contribution in [0.3, 0.4) is 0 Å². The van der Waals surface area contributed by atoms with Crippen molar-refractivity contribution in [1.29, 1.82) is 0 Å². The summed E-state index contributed by atoms with van der Waals surface area (Å²) in [5, 5.41) is 16.4. The number of nitro benzene ring substituents is 1. The maximum atomic E-state index is 12.5. The van der Waals surface area contributed by atoms with Crippen LogP contribution in [0.15, 0.2) is 23.6 Å². The highest BCUT2D eigenvalue weighted by atomic mass is 32.1. The van der Waals surface area contributed by atoms with Gasteiger partial charge in [0.15, 0.2) is 5.13 Å². The molecular weight excluding hydrogens is 394 g/mol. The highest BCUT2D eigenvalue weighted by Gasteiger charge is 2.23. The highest BCUT2D eigenvalue weighted by molar-refractivity contribution is 7.14. The zero-order valence-corrected chi connectivity index (χ0v) is 17.7. The van der Waals surface area contributed by atoms with E-state index in [9.17, 15) is 14.9 Å². The van der Waals surface area contributed by atoms with Gasteiger partial charge in [-0.05, 0) is 26.0 Å². The molecule has 0 saturated carbocycles. The molecule has 2 heterocycles. The van der Waals surface area contributed by atoms with Crippen molar-refractivity contribution in [2.75, 3.05) is 37.4 Å². The Morgan fingerprint density at radius 3 is 2.69 bits per heavy atom. The van der Waals surface area contributed by atoms with Crippen LogP contribution in [0.2, 0.25) is 0 Å². The zero-order chi connectivity index (χ0) is 21.1. The summed E-state index contributed by atoms with van der Waals surface area (Å²) in [6, 6.07) is 4.43. The van der Waals surface area contributed by atoms with Gasteiger partial charge in [0.2, 0.25) is 0 Å². The lowest BCUT2D eigenvalue weighted by atomic mass is 10.1. The van der Waals surface area contributed by atoms with Gasteiger partial charge >= 0.3 is 0 Å². The summed E-state index contributed by atoms with van der Waals surface area (Å²) in [5.41, 5.74) is 1.42. The number of rotatable bonds is 6. The number of thiazole rings is 1. The van der Waals surface area contributed by atoms with Crippen LogP contribution >= 0.6 is 11.3 Å². The van der Waals surface area contributed by atoms with Crippen molar-refractivity contribution in [2.24, 2.45) is 0 Å². The molecule has 3 rings (SSSR count). The SMILES string of the molecule is C[C@H]1CN(Cc2csc(NC(=O)c3ccc(N(C)C)c([N+](=O)[O-])c3)n2)C[C@H](C)O1. The quantitative estimate of drug-likeness (QED) is 0.567. The molecule has 1 amide bonds. The second kappa shape index (κ2) is 8.85. The standard InChI is InChI=1S/C19H25N5O4S/c1-12-8-23(9-13(2)28-12)10-15-11-29-19(20-15)21-18(25)14-5-6-16(22(3)4)17(7-14)24(26)27/h5-7,11-13H,8-10H2,1-4H3,(H,20,21,25)/t12-,13-/m0/s1. The van der Waals surface area contributed by atoms with Crippen molar-refractivity contribution < 1.29 is 14.5 Å². The van der Waals surface area contributed by atoms with Gasteiger partial charge in [-0.15, -0.1) is 11.3 Å². The first-order valence-corrected chi connectivity index (χ1v) is 10.2. The van der Waals surface area contributed by atoms with E-state index in [2.05, 4.69) is 29.0 Å². The fourth-order valence-electron chi connectivity index (χ4n) is 3.44. The Morgan fingerprint density at radius 2 is 2.07 bits per heavy atom. The number of hydrogen-bond donors (Lipinski definition) is 1. The number of amides is 1. The first-order valence-electron chi connectivity index (χ1n) is 9.32. The van der Waals surface area contributed by atoms with E-state index in [1.54, 1.807) is 31.1 Å². The Hall–Kier alpha value is -2.56. The largest absolute Gasteiger partial charge is 0.373 e. The number of hydrogen-bond acceptors (Lipinski definition) is 8. The third-order valence-corrected chi connectivity index (χ3v) is 5.38. The van der Waals surface area contributed by atoms with Crippen LogP contribution in [0.1, 0.15) is 29.9 Å². The predicted octanol–water partition coefficient (Wildman–Crippen LogP) is 2.98. The Bertz CT molecular complexity index is 890. The van der Waals surface area contributed by atoms with Gasteiger partial charge in [-0.25, -0.2) is 4.98 Å². The Labute approximate surface area is 173 Å². The number of anilines is 2. The number of nitrogens with one attached hydrogen (secondary N) is 1. The lowest BCUT2D eigenvalue weighted by molar-refractivity contribution is -0.384. The van der Waals surface area contributed by atoms with Crippen LogP contribution in [-0.2, 0) is 11.3 Å². The topological polar surface area (TPSA) is 101 Å². The molecule has 0 aliphatic carbocycles. The molecule has 1 N–H and O–H groups in total. The third kappa shape index (κ3) is 5.28. The van der Waals surface area contributed by atoms with Crippen LogP contribution in [0, 0.1) is 10.1 Å². The third-order valence-electron chi connectivity index (χ3n) is 4.57. The van der Waals surface area contributed by atoms with Gasteiger partial charge in [0.25, 0.3) is 11.6 Å². The van der Waals surface area contributed by atoms with Crippen LogP contribution in [0.5, 0.6) is 0 Å². The Morgan fingerprint density at radius 1 is 1.38 bits per heavy atom. The summed E-state index contributed by atoms with van der Waals surface area (Å²) in [5.74, 6) is -0.423. The van der Waals surface area contributed by atoms with E-state index >= 15 is 0 Å². The van der Waals surface area contributed by atoms with Gasteiger partial charge in [-0.3, -0.25) is 25.1 Å². The summed E-state index contributed by atoms with van der Waals surface area (Å²) >= 11 is 1.34. The molecule has 1 aromatic carbocycles. The monoisotopic (exact) mass is 419 g/mol. The smallest absolute Gasteiger partial charge is 0.293 e. The lowest BCUT2D eigenvalue weighted by Gasteiger charge is -2.34. The molecule has 10 heteroatoms. The Kier molecular flexibility index (Phi) is 6.46. The number of carbonyl (C=O) groups is 1. The minimum Gasteiger partial charge on any atom is -0.373 e. The molecule has 2 aromatic rings. The molecular formula is C19H25N5O4S. The van der Waals surface area contributed by atoms with E-state index in [0.29, 0.717) is 17.4 Å². The lowest BCUT2D eigenvalue weighted by Crippen LogP contribution is -2.44. The molecule has 1 fully saturated rings. The average Bonchev–Trinajstić information content (AvgIpc) is 3.06. The van der Waals surface area contributed by atoms with Crippen molar-refractivity contribution in [3.05, 3.63) is 45.0 Å². The van der Waals surface area contributed by atoms with E-state index in [-0.39, 0.29) is 23.5 Å². The molecule has 0 radical (unpaired) electrons. The number of nitro groups is 1. The summed E-state index contributed by atoms with van der Waals surface area (Å²) in [6.07, 6.45) is 0.356. The second-order valence-electron chi connectivity index (χ2n) is 7.40. The molecule has 156 valence electrons. The Balaban J connectivity index is 1.67. The van der Waals surface area contributed by atoms with Crippen LogP contribution in [0.25, 0.3) is 0 Å². The van der Waals surface area contributed by atoms with Crippen molar-refractivity contribution in [2.45, 2.75) is 32.6 Å². The average molecular weight is 420 g/mol. The van der Waals surface area contributed by atoms with E-state index in [0.717, 1.165) is 18.8 Å². The first kappa shape index (κ1) is 21.2. The van der Waals surface area contributed by atoms with E-state index in [4.69, 9.17) is 4.74 Å². The number of aromatic nitrogens is 1. The number of nitrogens with zero attached hydrogens (tertiary/aromatic N) is 4. The summed E-state index contributed by atoms with van der Waals surface area (Å²) in [6.45, 7) is 6.47. The van der Waals surface area contributed by atoms with Gasteiger partial charge in [0.05, 0.1) is 22.8 Å². The van der Waals surface area contributed by atoms with E-state index < -0.39 is 10.8 Å². The first-order chi connectivity index (χ1) is 13.7. The number of carbonyl (C=O) groups excluding carboxylic acids is 1. The predicted molar refractivity (Wildman–Crippen MR) is 113 cm³/mol. The summed E-state index contributed by atoms with van der Waals surface area (Å²) < 4.78 is 5.74. The number of morpholine rings is 1. The molecule has 1 saturated heterocycles. The normalized spacial score (nSPS) is 19.7. The molecule has 0 unspecified atom stereocenters.